The number of amides is 1. The SMILES string of the molecule is COc1cc(CCC(=O)NC(C)c2ccc(Cl)cc2Cl)cc(OC)c1OC. The molecule has 0 aliphatic carbocycles. The Balaban J connectivity index is 2.02. The second kappa shape index (κ2) is 9.72. The molecule has 2 rings (SSSR count). The van der Waals surface area contributed by atoms with Crippen LogP contribution >= 0.6 is 23.2 Å². The van der Waals surface area contributed by atoms with Gasteiger partial charge in [0.05, 0.1) is 27.4 Å². The Morgan fingerprint density at radius 1 is 1.04 bits per heavy atom. The third kappa shape index (κ3) is 5.44. The molecule has 2 aromatic rings. The first-order valence-electron chi connectivity index (χ1n) is 8.42. The summed E-state index contributed by atoms with van der Waals surface area (Å²) in [4.78, 5) is 12.3. The number of carbonyl (C=O) groups is 1. The van der Waals surface area contributed by atoms with Crippen molar-refractivity contribution in [3.63, 3.8) is 0 Å². The minimum absolute atomic E-state index is 0.0812. The zero-order chi connectivity index (χ0) is 20.0. The number of nitrogens with one attached hydrogen (secondary N) is 1. The summed E-state index contributed by atoms with van der Waals surface area (Å²) in [6.07, 6.45) is 0.845. The highest BCUT2D eigenvalue weighted by Crippen LogP contribution is 2.38. The average Bonchev–Trinajstić information content (AvgIpc) is 2.65. The van der Waals surface area contributed by atoms with Gasteiger partial charge in [0, 0.05) is 16.5 Å². The summed E-state index contributed by atoms with van der Waals surface area (Å²) >= 11 is 12.1. The number of methoxy groups -OCH3 is 3. The van der Waals surface area contributed by atoms with E-state index in [1.807, 2.05) is 25.1 Å². The number of ether oxygens (including phenoxy) is 3. The van der Waals surface area contributed by atoms with E-state index in [2.05, 4.69) is 5.32 Å². The number of rotatable bonds is 8. The fourth-order valence-electron chi connectivity index (χ4n) is 2.78. The van der Waals surface area contributed by atoms with E-state index in [1.54, 1.807) is 33.5 Å². The Morgan fingerprint density at radius 3 is 2.19 bits per heavy atom. The molecule has 1 N–H and O–H groups in total. The standard InChI is InChI=1S/C20H23Cl2NO4/c1-12(15-7-6-14(21)11-16(15)22)23-19(24)8-5-13-9-17(25-2)20(27-4)18(10-13)26-3/h6-7,9-12H,5,8H2,1-4H3,(H,23,24). The molecule has 0 aliphatic heterocycles. The molecule has 0 spiro atoms. The van der Waals surface area contributed by atoms with Crippen LogP contribution in [-0.4, -0.2) is 27.2 Å². The van der Waals surface area contributed by atoms with Gasteiger partial charge in [-0.15, -0.1) is 0 Å². The Bertz CT molecular complexity index is 786. The van der Waals surface area contributed by atoms with Crippen LogP contribution in [0.15, 0.2) is 30.3 Å². The van der Waals surface area contributed by atoms with Crippen molar-refractivity contribution in [1.82, 2.24) is 5.32 Å². The fourth-order valence-corrected chi connectivity index (χ4v) is 3.35. The van der Waals surface area contributed by atoms with Gasteiger partial charge in [-0.2, -0.15) is 0 Å². The Labute approximate surface area is 169 Å². The summed E-state index contributed by atoms with van der Waals surface area (Å²) in [5, 5.41) is 4.04. The van der Waals surface area contributed by atoms with Gasteiger partial charge < -0.3 is 19.5 Å². The molecule has 7 heteroatoms. The predicted molar refractivity (Wildman–Crippen MR) is 107 cm³/mol. The minimum Gasteiger partial charge on any atom is -0.493 e. The van der Waals surface area contributed by atoms with Gasteiger partial charge >= 0.3 is 0 Å². The molecule has 1 atom stereocenters. The number of halogens is 2. The number of hydrogen-bond acceptors (Lipinski definition) is 4. The van der Waals surface area contributed by atoms with Crippen LogP contribution in [0.4, 0.5) is 0 Å². The molecule has 146 valence electrons. The Morgan fingerprint density at radius 2 is 1.67 bits per heavy atom. The summed E-state index contributed by atoms with van der Waals surface area (Å²) in [6, 6.07) is 8.69. The second-order valence-electron chi connectivity index (χ2n) is 5.99. The van der Waals surface area contributed by atoms with Crippen molar-refractivity contribution < 1.29 is 19.0 Å². The molecule has 0 bridgehead atoms. The molecule has 0 fully saturated rings. The van der Waals surface area contributed by atoms with Crippen molar-refractivity contribution in [3.05, 3.63) is 51.5 Å². The molecule has 0 saturated heterocycles. The van der Waals surface area contributed by atoms with E-state index >= 15 is 0 Å². The summed E-state index contributed by atoms with van der Waals surface area (Å²) in [6.45, 7) is 1.88. The van der Waals surface area contributed by atoms with E-state index in [1.165, 1.54) is 0 Å². The van der Waals surface area contributed by atoms with Crippen LogP contribution in [0.2, 0.25) is 10.0 Å². The number of benzene rings is 2. The van der Waals surface area contributed by atoms with E-state index in [-0.39, 0.29) is 11.9 Å². The molecule has 1 amide bonds. The third-order valence-electron chi connectivity index (χ3n) is 4.17. The van der Waals surface area contributed by atoms with Gasteiger partial charge in [0.2, 0.25) is 11.7 Å². The van der Waals surface area contributed by atoms with Crippen molar-refractivity contribution in [2.75, 3.05) is 21.3 Å². The number of aryl methyl sites for hydroxylation is 1. The molecule has 0 aromatic heterocycles. The summed E-state index contributed by atoms with van der Waals surface area (Å²) in [5.41, 5.74) is 1.74. The highest BCUT2D eigenvalue weighted by molar-refractivity contribution is 6.35. The Kier molecular flexibility index (Phi) is 7.63. The van der Waals surface area contributed by atoms with Crippen LogP contribution in [0, 0.1) is 0 Å². The fraction of sp³-hybridized carbons (Fsp3) is 0.350. The summed E-state index contributed by atoms with van der Waals surface area (Å²) in [7, 11) is 4.67. The summed E-state index contributed by atoms with van der Waals surface area (Å²) < 4.78 is 16.0. The lowest BCUT2D eigenvalue weighted by Crippen LogP contribution is -2.27. The van der Waals surface area contributed by atoms with Gasteiger partial charge in [-0.25, -0.2) is 0 Å². The third-order valence-corrected chi connectivity index (χ3v) is 4.73. The van der Waals surface area contributed by atoms with Gasteiger partial charge in [0.1, 0.15) is 0 Å². The molecule has 27 heavy (non-hydrogen) atoms. The largest absolute Gasteiger partial charge is 0.493 e. The van der Waals surface area contributed by atoms with Crippen LogP contribution in [-0.2, 0) is 11.2 Å². The summed E-state index contributed by atoms with van der Waals surface area (Å²) in [5.74, 6) is 1.57. The lowest BCUT2D eigenvalue weighted by atomic mass is 10.1. The van der Waals surface area contributed by atoms with Crippen LogP contribution in [0.25, 0.3) is 0 Å². The topological polar surface area (TPSA) is 56.8 Å². The van der Waals surface area contributed by atoms with Gasteiger partial charge in [-0.3, -0.25) is 4.79 Å². The quantitative estimate of drug-likeness (QED) is 0.675. The van der Waals surface area contributed by atoms with Crippen LogP contribution in [0.3, 0.4) is 0 Å². The molecule has 2 aromatic carbocycles. The first-order chi connectivity index (χ1) is 12.9. The average molecular weight is 412 g/mol. The van der Waals surface area contributed by atoms with E-state index in [4.69, 9.17) is 37.4 Å². The second-order valence-corrected chi connectivity index (χ2v) is 6.83. The van der Waals surface area contributed by atoms with Crippen molar-refractivity contribution in [3.8, 4) is 17.2 Å². The molecular weight excluding hydrogens is 389 g/mol. The monoisotopic (exact) mass is 411 g/mol. The lowest BCUT2D eigenvalue weighted by Gasteiger charge is -2.17. The molecule has 0 radical (unpaired) electrons. The predicted octanol–water partition coefficient (Wildman–Crippen LogP) is 4.83. The number of hydrogen-bond donors (Lipinski definition) is 1. The van der Waals surface area contributed by atoms with Crippen molar-refractivity contribution in [1.29, 1.82) is 0 Å². The Hall–Kier alpha value is -2.11. The highest BCUT2D eigenvalue weighted by Gasteiger charge is 2.16. The first-order valence-corrected chi connectivity index (χ1v) is 9.18. The van der Waals surface area contributed by atoms with Crippen LogP contribution in [0.5, 0.6) is 17.2 Å². The van der Waals surface area contributed by atoms with Gasteiger partial charge in [0.15, 0.2) is 11.5 Å². The molecule has 0 heterocycles. The maximum absolute atomic E-state index is 12.3. The van der Waals surface area contributed by atoms with Crippen molar-refractivity contribution in [2.45, 2.75) is 25.8 Å². The van der Waals surface area contributed by atoms with E-state index in [0.717, 1.165) is 11.1 Å². The molecule has 0 saturated carbocycles. The van der Waals surface area contributed by atoms with E-state index in [0.29, 0.717) is 40.1 Å². The molecule has 5 nitrogen and oxygen atoms in total. The normalized spacial score (nSPS) is 11.6. The van der Waals surface area contributed by atoms with Gasteiger partial charge in [0.25, 0.3) is 0 Å². The minimum atomic E-state index is -0.220. The molecule has 1 unspecified atom stereocenters. The lowest BCUT2D eigenvalue weighted by molar-refractivity contribution is -0.121. The maximum atomic E-state index is 12.3. The van der Waals surface area contributed by atoms with Crippen LogP contribution < -0.4 is 19.5 Å². The van der Waals surface area contributed by atoms with E-state index < -0.39 is 0 Å². The zero-order valence-corrected chi connectivity index (χ0v) is 17.3. The first kappa shape index (κ1) is 21.2. The highest BCUT2D eigenvalue weighted by atomic mass is 35.5. The smallest absolute Gasteiger partial charge is 0.220 e. The molecular formula is C20H23Cl2NO4. The number of carbonyl (C=O) groups excluding carboxylic acids is 1. The molecule has 0 aliphatic rings. The van der Waals surface area contributed by atoms with Crippen molar-refractivity contribution in [2.24, 2.45) is 0 Å². The zero-order valence-electron chi connectivity index (χ0n) is 15.8. The van der Waals surface area contributed by atoms with Gasteiger partial charge in [-0.1, -0.05) is 29.3 Å². The van der Waals surface area contributed by atoms with Crippen molar-refractivity contribution >= 4 is 29.1 Å². The van der Waals surface area contributed by atoms with Gasteiger partial charge in [-0.05, 0) is 48.7 Å². The maximum Gasteiger partial charge on any atom is 0.220 e. The van der Waals surface area contributed by atoms with Crippen LogP contribution in [0.1, 0.15) is 30.5 Å². The van der Waals surface area contributed by atoms with E-state index in [9.17, 15) is 4.79 Å².